The lowest BCUT2D eigenvalue weighted by molar-refractivity contribution is 0.389. The normalized spacial score (nSPS) is 11.1. The molecule has 0 unspecified atom stereocenters. The van der Waals surface area contributed by atoms with E-state index >= 15 is 0 Å². The van der Waals surface area contributed by atoms with Crippen LogP contribution in [0.2, 0.25) is 0 Å². The molecule has 5 aromatic carbocycles. The maximum Gasteiger partial charge on any atom is 0.210 e. The quantitative estimate of drug-likeness (QED) is 0.107. The number of ether oxygens (including phenoxy) is 3. The van der Waals surface area contributed by atoms with Crippen LogP contribution in [-0.2, 0) is 12.8 Å². The van der Waals surface area contributed by atoms with Gasteiger partial charge in [-0.15, -0.1) is 13.2 Å². The molecule has 0 heterocycles. The van der Waals surface area contributed by atoms with Crippen molar-refractivity contribution in [2.75, 3.05) is 20.6 Å². The smallest absolute Gasteiger partial charge is 0.210 e. The second-order valence-corrected chi connectivity index (χ2v) is 14.4. The lowest BCUT2D eigenvalue weighted by Crippen LogP contribution is -2.35. The summed E-state index contributed by atoms with van der Waals surface area (Å²) in [5.41, 5.74) is 4.91. The predicted molar refractivity (Wildman–Crippen MR) is 190 cm³/mol. The molecule has 0 amide bonds. The van der Waals surface area contributed by atoms with Gasteiger partial charge in [0.05, 0.1) is 14.2 Å². The van der Waals surface area contributed by atoms with E-state index in [1.54, 1.807) is 20.3 Å². The first-order valence-electron chi connectivity index (χ1n) is 15.0. The van der Waals surface area contributed by atoms with Crippen molar-refractivity contribution in [1.82, 2.24) is 0 Å². The van der Waals surface area contributed by atoms with Gasteiger partial charge in [-0.05, 0) is 116 Å². The Morgan fingerprint density at radius 1 is 0.622 bits per heavy atom. The third-order valence-corrected chi connectivity index (χ3v) is 12.1. The van der Waals surface area contributed by atoms with E-state index in [1.165, 1.54) is 10.9 Å². The molecule has 0 radical (unpaired) electrons. The maximum atomic E-state index is 11.1. The Balaban J connectivity index is 1.70. The van der Waals surface area contributed by atoms with Gasteiger partial charge in [0.25, 0.3) is 0 Å². The number of allylic oxidation sites excluding steroid dienone is 2. The van der Waals surface area contributed by atoms with E-state index in [9.17, 15) is 5.11 Å². The molecule has 0 bridgehead atoms. The van der Waals surface area contributed by atoms with Crippen LogP contribution in [0.3, 0.4) is 0 Å². The minimum Gasteiger partial charge on any atom is -0.507 e. The van der Waals surface area contributed by atoms with E-state index < -0.39 is 7.26 Å². The zero-order valence-corrected chi connectivity index (χ0v) is 27.1. The summed E-state index contributed by atoms with van der Waals surface area (Å²) in [4.78, 5) is 0. The Bertz CT molecular complexity index is 1710. The summed E-state index contributed by atoms with van der Waals surface area (Å²) in [6, 6.07) is 37.3. The average Bonchev–Trinajstić information content (AvgIpc) is 3.07. The van der Waals surface area contributed by atoms with Gasteiger partial charge >= 0.3 is 0 Å². The Morgan fingerprint density at radius 3 is 1.58 bits per heavy atom. The largest absolute Gasteiger partial charge is 0.507 e. The van der Waals surface area contributed by atoms with E-state index in [0.29, 0.717) is 24.9 Å². The van der Waals surface area contributed by atoms with E-state index in [1.807, 2.05) is 54.6 Å². The second kappa shape index (κ2) is 14.3. The Hall–Kier alpha value is -4.79. The SMILES string of the molecule is C=CCc1ccc(O)c(-c2cc(CC=C)ccc2OC[P+](c2ccc(C)cc2)(c2ccc(OC)cc2)c2ccc(OC)cc2)c1. The highest BCUT2D eigenvalue weighted by Gasteiger charge is 2.47. The van der Waals surface area contributed by atoms with E-state index in [2.05, 4.69) is 80.7 Å². The summed E-state index contributed by atoms with van der Waals surface area (Å²) in [6.07, 6.45) is 5.56. The van der Waals surface area contributed by atoms with Crippen molar-refractivity contribution in [1.29, 1.82) is 0 Å². The first-order chi connectivity index (χ1) is 21.9. The molecule has 0 atom stereocenters. The molecule has 45 heavy (non-hydrogen) atoms. The fourth-order valence-electron chi connectivity index (χ4n) is 5.61. The van der Waals surface area contributed by atoms with Gasteiger partial charge in [0, 0.05) is 11.1 Å². The van der Waals surface area contributed by atoms with Gasteiger partial charge in [-0.25, -0.2) is 0 Å². The number of methoxy groups -OCH3 is 2. The number of hydrogen-bond acceptors (Lipinski definition) is 4. The number of rotatable bonds is 13. The first kappa shape index (κ1) is 31.6. The highest BCUT2D eigenvalue weighted by Crippen LogP contribution is 2.56. The molecule has 5 rings (SSSR count). The number of phenols is 1. The summed E-state index contributed by atoms with van der Waals surface area (Å²) in [6.45, 7) is 9.93. The number of benzene rings is 5. The van der Waals surface area contributed by atoms with Crippen LogP contribution in [0.15, 0.2) is 135 Å². The zero-order valence-electron chi connectivity index (χ0n) is 26.2. The molecule has 228 valence electrons. The maximum absolute atomic E-state index is 11.1. The van der Waals surface area contributed by atoms with Gasteiger partial charge in [-0.3, -0.25) is 0 Å². The molecule has 0 spiro atoms. The van der Waals surface area contributed by atoms with Crippen molar-refractivity contribution >= 4 is 23.2 Å². The fourth-order valence-corrected chi connectivity index (χ4v) is 9.26. The van der Waals surface area contributed by atoms with Crippen LogP contribution in [0.25, 0.3) is 11.1 Å². The van der Waals surface area contributed by atoms with Crippen molar-refractivity contribution in [2.45, 2.75) is 19.8 Å². The molecule has 0 aliphatic rings. The number of aryl methyl sites for hydroxylation is 1. The summed E-state index contributed by atoms with van der Waals surface area (Å²) in [5.74, 6) is 2.50. The molecule has 0 aromatic heterocycles. The Labute approximate surface area is 267 Å². The number of hydrogen-bond donors (Lipinski definition) is 1. The van der Waals surface area contributed by atoms with Crippen molar-refractivity contribution in [3.63, 3.8) is 0 Å². The lowest BCUT2D eigenvalue weighted by Gasteiger charge is -2.28. The van der Waals surface area contributed by atoms with Crippen LogP contribution in [0.5, 0.6) is 23.0 Å². The van der Waals surface area contributed by atoms with Crippen molar-refractivity contribution in [3.05, 3.63) is 151 Å². The van der Waals surface area contributed by atoms with Crippen LogP contribution in [0.4, 0.5) is 0 Å². The fraction of sp³-hybridized carbons (Fsp3) is 0.150. The molecular weight excluding hydrogens is 575 g/mol. The van der Waals surface area contributed by atoms with Gasteiger partial charge in [0.2, 0.25) is 6.35 Å². The summed E-state index contributed by atoms with van der Waals surface area (Å²) < 4.78 is 18.0. The molecule has 5 heteroatoms. The Morgan fingerprint density at radius 2 is 1.09 bits per heavy atom. The van der Waals surface area contributed by atoms with Crippen molar-refractivity contribution < 1.29 is 19.3 Å². The predicted octanol–water partition coefficient (Wildman–Crippen LogP) is 8.17. The summed E-state index contributed by atoms with van der Waals surface area (Å²) in [5, 5.41) is 14.6. The van der Waals surface area contributed by atoms with Crippen LogP contribution in [-0.4, -0.2) is 25.7 Å². The van der Waals surface area contributed by atoms with E-state index in [-0.39, 0.29) is 5.75 Å². The highest BCUT2D eigenvalue weighted by molar-refractivity contribution is 7.95. The van der Waals surface area contributed by atoms with Crippen molar-refractivity contribution in [3.8, 4) is 34.1 Å². The molecule has 0 fully saturated rings. The van der Waals surface area contributed by atoms with Gasteiger partial charge < -0.3 is 19.3 Å². The second-order valence-electron chi connectivity index (χ2n) is 11.0. The molecule has 0 aliphatic heterocycles. The molecule has 0 aliphatic carbocycles. The average molecular weight is 616 g/mol. The molecule has 4 nitrogen and oxygen atoms in total. The zero-order chi connectivity index (χ0) is 31.8. The van der Waals surface area contributed by atoms with E-state index in [0.717, 1.165) is 44.4 Å². The van der Waals surface area contributed by atoms with Crippen LogP contribution < -0.4 is 30.1 Å². The first-order valence-corrected chi connectivity index (χ1v) is 16.9. The number of phenolic OH excluding ortho intramolecular Hbond substituents is 1. The molecular formula is C40H40O4P+. The number of aromatic hydroxyl groups is 1. The standard InChI is InChI=1S/C40H39O4P/c1-6-8-30-12-24-39(41)37(26-30)38-27-31(9-7-2)13-25-40(38)44-28-45(34-18-10-29(3)11-19-34,35-20-14-32(42-4)15-21-35)36-22-16-33(43-5)17-23-36/h6-7,10-27H,1-2,8-9,28H2,3-5H3/p+1. The van der Waals surface area contributed by atoms with Gasteiger partial charge in [-0.2, -0.15) is 0 Å². The minimum absolute atomic E-state index is 0.202. The monoisotopic (exact) mass is 615 g/mol. The van der Waals surface area contributed by atoms with Gasteiger partial charge in [-0.1, -0.05) is 42.0 Å². The third-order valence-electron chi connectivity index (χ3n) is 8.07. The topological polar surface area (TPSA) is 47.9 Å². The summed E-state index contributed by atoms with van der Waals surface area (Å²) >= 11 is 0. The van der Waals surface area contributed by atoms with E-state index in [4.69, 9.17) is 14.2 Å². The van der Waals surface area contributed by atoms with Crippen molar-refractivity contribution in [2.24, 2.45) is 0 Å². The molecule has 0 saturated carbocycles. The van der Waals surface area contributed by atoms with Crippen LogP contribution >= 0.6 is 7.26 Å². The highest BCUT2D eigenvalue weighted by atomic mass is 31.2. The lowest BCUT2D eigenvalue weighted by atomic mass is 9.97. The van der Waals surface area contributed by atoms with Crippen LogP contribution in [0, 0.1) is 6.92 Å². The van der Waals surface area contributed by atoms with Gasteiger partial charge in [0.1, 0.15) is 38.9 Å². The summed E-state index contributed by atoms with van der Waals surface area (Å²) in [7, 11) is 0.971. The third kappa shape index (κ3) is 6.82. The minimum atomic E-state index is -2.39. The van der Waals surface area contributed by atoms with Crippen LogP contribution in [0.1, 0.15) is 16.7 Å². The molecule has 0 saturated heterocycles. The van der Waals surface area contributed by atoms with Gasteiger partial charge in [0.15, 0.2) is 7.26 Å². The molecule has 5 aromatic rings. The molecule has 1 N–H and O–H groups in total. The Kier molecular flexibility index (Phi) is 10.1.